The number of nitrogens with one attached hydrogen (secondary N) is 1. The van der Waals surface area contributed by atoms with Gasteiger partial charge in [-0.25, -0.2) is 0 Å². The van der Waals surface area contributed by atoms with Crippen molar-refractivity contribution in [2.75, 3.05) is 6.54 Å². The van der Waals surface area contributed by atoms with Crippen molar-refractivity contribution in [2.45, 2.75) is 13.0 Å². The van der Waals surface area contributed by atoms with Crippen molar-refractivity contribution < 1.29 is 0 Å². The molecular formula is C14H14BrClN2. The maximum absolute atomic E-state index is 6.08. The minimum Gasteiger partial charge on any atom is -0.306 e. The van der Waals surface area contributed by atoms with Crippen molar-refractivity contribution in [2.24, 2.45) is 0 Å². The summed E-state index contributed by atoms with van der Waals surface area (Å²) in [6.07, 6.45) is 3.65. The highest BCUT2D eigenvalue weighted by Gasteiger charge is 2.16. The molecule has 1 atom stereocenters. The summed E-state index contributed by atoms with van der Waals surface area (Å²) < 4.78 is 1.04. The van der Waals surface area contributed by atoms with Gasteiger partial charge in [0.05, 0.1) is 6.04 Å². The molecule has 0 spiro atoms. The molecule has 0 saturated heterocycles. The number of pyridine rings is 1. The Morgan fingerprint density at radius 3 is 2.89 bits per heavy atom. The fraction of sp³-hybridized carbons (Fsp3) is 0.214. The quantitative estimate of drug-likeness (QED) is 0.911. The lowest BCUT2D eigenvalue weighted by Gasteiger charge is -2.20. The minimum absolute atomic E-state index is 0.0942. The van der Waals surface area contributed by atoms with Gasteiger partial charge in [0, 0.05) is 21.9 Å². The van der Waals surface area contributed by atoms with Crippen LogP contribution in [0.1, 0.15) is 24.1 Å². The molecule has 0 amide bonds. The maximum Gasteiger partial charge on any atom is 0.0603 e. The van der Waals surface area contributed by atoms with Crippen LogP contribution in [0.3, 0.4) is 0 Å². The minimum atomic E-state index is 0.0942. The summed E-state index contributed by atoms with van der Waals surface area (Å²) in [6.45, 7) is 2.96. The van der Waals surface area contributed by atoms with Gasteiger partial charge >= 0.3 is 0 Å². The fourth-order valence-corrected chi connectivity index (χ4v) is 2.55. The van der Waals surface area contributed by atoms with Crippen molar-refractivity contribution in [3.05, 3.63) is 63.3 Å². The zero-order valence-corrected chi connectivity index (χ0v) is 12.4. The molecular weight excluding hydrogens is 312 g/mol. The number of rotatable bonds is 4. The lowest BCUT2D eigenvalue weighted by molar-refractivity contribution is 0.626. The van der Waals surface area contributed by atoms with E-state index in [-0.39, 0.29) is 6.04 Å². The summed E-state index contributed by atoms with van der Waals surface area (Å²) in [7, 11) is 0. The normalized spacial score (nSPS) is 12.4. The number of benzene rings is 1. The van der Waals surface area contributed by atoms with E-state index in [4.69, 9.17) is 11.6 Å². The molecule has 0 aliphatic carbocycles. The molecule has 1 unspecified atom stereocenters. The highest BCUT2D eigenvalue weighted by atomic mass is 79.9. The van der Waals surface area contributed by atoms with E-state index < -0.39 is 0 Å². The van der Waals surface area contributed by atoms with Gasteiger partial charge in [-0.05, 0) is 41.9 Å². The molecule has 0 fully saturated rings. The number of hydrogen-bond acceptors (Lipinski definition) is 2. The van der Waals surface area contributed by atoms with Crippen LogP contribution in [-0.2, 0) is 0 Å². The molecule has 2 nitrogen and oxygen atoms in total. The number of aromatic nitrogens is 1. The predicted octanol–water partition coefficient (Wildman–Crippen LogP) is 4.20. The molecule has 0 aliphatic rings. The largest absolute Gasteiger partial charge is 0.306 e. The average molecular weight is 326 g/mol. The molecule has 0 radical (unpaired) electrons. The molecule has 0 bridgehead atoms. The van der Waals surface area contributed by atoms with Gasteiger partial charge in [-0.3, -0.25) is 4.98 Å². The summed E-state index contributed by atoms with van der Waals surface area (Å²) in [6, 6.07) is 9.93. The fourth-order valence-electron chi connectivity index (χ4n) is 1.89. The molecule has 1 N–H and O–H groups in total. The number of hydrogen-bond donors (Lipinski definition) is 1. The van der Waals surface area contributed by atoms with Gasteiger partial charge in [-0.1, -0.05) is 40.5 Å². The topological polar surface area (TPSA) is 24.9 Å². The van der Waals surface area contributed by atoms with Crippen molar-refractivity contribution in [3.63, 3.8) is 0 Å². The van der Waals surface area contributed by atoms with Gasteiger partial charge in [0.1, 0.15) is 0 Å². The van der Waals surface area contributed by atoms with Crippen molar-refractivity contribution in [1.82, 2.24) is 10.3 Å². The third-order valence-corrected chi connectivity index (χ3v) is 3.65. The number of nitrogens with zero attached hydrogens (tertiary/aromatic N) is 1. The first-order valence-corrected chi connectivity index (χ1v) is 6.97. The second-order valence-electron chi connectivity index (χ2n) is 3.94. The maximum atomic E-state index is 6.08. The summed E-state index contributed by atoms with van der Waals surface area (Å²) >= 11 is 9.66. The highest BCUT2D eigenvalue weighted by molar-refractivity contribution is 9.10. The predicted molar refractivity (Wildman–Crippen MR) is 78.9 cm³/mol. The van der Waals surface area contributed by atoms with Crippen LogP contribution in [0.25, 0.3) is 0 Å². The van der Waals surface area contributed by atoms with E-state index >= 15 is 0 Å². The zero-order chi connectivity index (χ0) is 13.0. The van der Waals surface area contributed by atoms with E-state index in [1.165, 1.54) is 0 Å². The lowest BCUT2D eigenvalue weighted by Crippen LogP contribution is -2.22. The van der Waals surface area contributed by atoms with Gasteiger partial charge < -0.3 is 5.32 Å². The Kier molecular flexibility index (Phi) is 4.75. The molecule has 1 aromatic carbocycles. The third kappa shape index (κ3) is 3.10. The molecule has 1 aromatic heterocycles. The second-order valence-corrected chi connectivity index (χ2v) is 5.23. The Labute approximate surface area is 121 Å². The van der Waals surface area contributed by atoms with Gasteiger partial charge in [0.2, 0.25) is 0 Å². The van der Waals surface area contributed by atoms with E-state index in [9.17, 15) is 0 Å². The zero-order valence-electron chi connectivity index (χ0n) is 10.0. The second kappa shape index (κ2) is 6.32. The van der Waals surface area contributed by atoms with Crippen molar-refractivity contribution >= 4 is 27.5 Å². The first-order valence-electron chi connectivity index (χ1n) is 5.80. The van der Waals surface area contributed by atoms with Crippen molar-refractivity contribution in [3.8, 4) is 0 Å². The van der Waals surface area contributed by atoms with E-state index in [1.54, 1.807) is 6.20 Å². The monoisotopic (exact) mass is 324 g/mol. The standard InChI is InChI=1S/C14H14BrClN2/c1-2-18-14(10-4-3-7-17-9-10)12-8-11(16)5-6-13(12)15/h3-9,14,18H,2H2,1H3. The van der Waals surface area contributed by atoms with Crippen molar-refractivity contribution in [1.29, 1.82) is 0 Å². The van der Waals surface area contributed by atoms with Crippen LogP contribution in [0, 0.1) is 0 Å². The van der Waals surface area contributed by atoms with Gasteiger partial charge in [-0.2, -0.15) is 0 Å². The Hall–Kier alpha value is -0.900. The third-order valence-electron chi connectivity index (χ3n) is 2.70. The Morgan fingerprint density at radius 2 is 2.22 bits per heavy atom. The van der Waals surface area contributed by atoms with Gasteiger partial charge in [0.15, 0.2) is 0 Å². The molecule has 0 aliphatic heterocycles. The van der Waals surface area contributed by atoms with E-state index in [1.807, 2.05) is 30.5 Å². The highest BCUT2D eigenvalue weighted by Crippen LogP contribution is 2.30. The Morgan fingerprint density at radius 1 is 1.39 bits per heavy atom. The van der Waals surface area contributed by atoms with Crippen LogP contribution in [0.4, 0.5) is 0 Å². The SMILES string of the molecule is CCNC(c1cccnc1)c1cc(Cl)ccc1Br. The van der Waals surface area contributed by atoms with Crippen LogP contribution in [-0.4, -0.2) is 11.5 Å². The van der Waals surface area contributed by atoms with E-state index in [0.29, 0.717) is 0 Å². The van der Waals surface area contributed by atoms with Crippen LogP contribution < -0.4 is 5.32 Å². The van der Waals surface area contributed by atoms with Gasteiger partial charge in [0.25, 0.3) is 0 Å². The first-order chi connectivity index (χ1) is 8.72. The van der Waals surface area contributed by atoms with Crippen LogP contribution in [0.15, 0.2) is 47.2 Å². The van der Waals surface area contributed by atoms with Crippen LogP contribution >= 0.6 is 27.5 Å². The first kappa shape index (κ1) is 13.5. The Bertz CT molecular complexity index is 516. The average Bonchev–Trinajstić information content (AvgIpc) is 2.40. The van der Waals surface area contributed by atoms with E-state index in [0.717, 1.165) is 27.2 Å². The summed E-state index contributed by atoms with van der Waals surface area (Å²) in [4.78, 5) is 4.18. The molecule has 94 valence electrons. The Balaban J connectivity index is 2.44. The molecule has 2 rings (SSSR count). The summed E-state index contributed by atoms with van der Waals surface area (Å²) in [5.41, 5.74) is 2.25. The van der Waals surface area contributed by atoms with Crippen LogP contribution in [0.2, 0.25) is 5.02 Å². The molecule has 0 saturated carbocycles. The molecule has 18 heavy (non-hydrogen) atoms. The smallest absolute Gasteiger partial charge is 0.0603 e. The summed E-state index contributed by atoms with van der Waals surface area (Å²) in [5.74, 6) is 0. The van der Waals surface area contributed by atoms with Crippen LogP contribution in [0.5, 0.6) is 0 Å². The van der Waals surface area contributed by atoms with E-state index in [2.05, 4.69) is 39.2 Å². The molecule has 4 heteroatoms. The van der Waals surface area contributed by atoms with Gasteiger partial charge in [-0.15, -0.1) is 0 Å². The summed E-state index contributed by atoms with van der Waals surface area (Å²) in [5, 5.41) is 4.19. The molecule has 2 aromatic rings. The molecule has 1 heterocycles. The lowest BCUT2D eigenvalue weighted by atomic mass is 10.0. The number of halogens is 2.